The Balaban J connectivity index is 2.83. The molecule has 0 spiro atoms. The van der Waals surface area contributed by atoms with Crippen molar-refractivity contribution in [2.45, 2.75) is 45.6 Å². The van der Waals surface area contributed by atoms with Crippen molar-refractivity contribution in [3.05, 3.63) is 35.4 Å². The zero-order chi connectivity index (χ0) is 16.4. The fourth-order valence-electron chi connectivity index (χ4n) is 1.68. The third-order valence-electron chi connectivity index (χ3n) is 2.83. The van der Waals surface area contributed by atoms with E-state index in [1.54, 1.807) is 20.8 Å². The molecule has 1 aromatic rings. The Morgan fingerprint density at radius 2 is 1.62 bits per heavy atom. The molecular weight excluding hydrogens is 285 g/mol. The summed E-state index contributed by atoms with van der Waals surface area (Å²) >= 11 is 0. The van der Waals surface area contributed by atoms with E-state index in [2.05, 4.69) is 0 Å². The molecule has 0 aliphatic heterocycles. The van der Waals surface area contributed by atoms with E-state index < -0.39 is 35.3 Å². The van der Waals surface area contributed by atoms with Gasteiger partial charge in [0, 0.05) is 0 Å². The van der Waals surface area contributed by atoms with Gasteiger partial charge in [-0.1, -0.05) is 12.1 Å². The van der Waals surface area contributed by atoms with Crippen LogP contribution >= 0.6 is 0 Å². The molecule has 118 valence electrons. The fraction of sp³-hybridized carbons (Fsp3) is 0.533. The highest BCUT2D eigenvalue weighted by Crippen LogP contribution is 2.31. The molecule has 1 rings (SSSR count). The minimum atomic E-state index is -4.43. The predicted octanol–water partition coefficient (Wildman–Crippen LogP) is 3.72. The number of benzene rings is 1. The first-order valence-corrected chi connectivity index (χ1v) is 6.50. The van der Waals surface area contributed by atoms with Crippen molar-refractivity contribution in [1.29, 1.82) is 0 Å². The largest absolute Gasteiger partial charge is 0.460 e. The van der Waals surface area contributed by atoms with Gasteiger partial charge in [-0.05, 0) is 45.4 Å². The van der Waals surface area contributed by atoms with Crippen LogP contribution in [0.5, 0.6) is 0 Å². The average molecular weight is 304 g/mol. The monoisotopic (exact) mass is 304 g/mol. The minimum absolute atomic E-state index is 0.237. The number of aliphatic hydroxyl groups excluding tert-OH is 1. The van der Waals surface area contributed by atoms with Crippen molar-refractivity contribution < 1.29 is 27.8 Å². The number of halogens is 3. The molecule has 0 aromatic heterocycles. The van der Waals surface area contributed by atoms with E-state index in [1.807, 2.05) is 0 Å². The molecule has 3 nitrogen and oxygen atoms in total. The summed E-state index contributed by atoms with van der Waals surface area (Å²) in [5.74, 6) is -1.48. The summed E-state index contributed by atoms with van der Waals surface area (Å²) in [6, 6.07) is 4.07. The van der Waals surface area contributed by atoms with Crippen LogP contribution in [0.2, 0.25) is 0 Å². The van der Waals surface area contributed by atoms with Crippen LogP contribution in [0.25, 0.3) is 0 Å². The number of carbonyl (C=O) groups is 1. The summed E-state index contributed by atoms with van der Waals surface area (Å²) in [5, 5.41) is 10.1. The maximum atomic E-state index is 12.5. The quantitative estimate of drug-likeness (QED) is 0.866. The van der Waals surface area contributed by atoms with Crippen molar-refractivity contribution in [3.8, 4) is 0 Å². The second-order valence-electron chi connectivity index (χ2n) is 5.89. The summed E-state index contributed by atoms with van der Waals surface area (Å²) in [6.45, 7) is 6.56. The molecule has 1 N–H and O–H groups in total. The lowest BCUT2D eigenvalue weighted by molar-refractivity contribution is -0.163. The maximum absolute atomic E-state index is 12.5. The number of hydrogen-bond acceptors (Lipinski definition) is 3. The lowest BCUT2D eigenvalue weighted by atomic mass is 9.96. The standard InChI is InChI=1S/C15H19F3O3/c1-9(13(20)21-14(2,3)4)12(19)10-5-7-11(8-6-10)15(16,17)18/h5-9,12,19H,1-4H3. The molecule has 0 saturated heterocycles. The van der Waals surface area contributed by atoms with Crippen molar-refractivity contribution in [1.82, 2.24) is 0 Å². The van der Waals surface area contributed by atoms with Gasteiger partial charge in [0.25, 0.3) is 0 Å². The Morgan fingerprint density at radius 1 is 1.14 bits per heavy atom. The van der Waals surface area contributed by atoms with Gasteiger partial charge in [0.15, 0.2) is 0 Å². The zero-order valence-corrected chi connectivity index (χ0v) is 12.4. The molecule has 0 bridgehead atoms. The van der Waals surface area contributed by atoms with Gasteiger partial charge in [0.2, 0.25) is 0 Å². The van der Waals surface area contributed by atoms with Crippen molar-refractivity contribution >= 4 is 5.97 Å². The highest BCUT2D eigenvalue weighted by molar-refractivity contribution is 5.73. The van der Waals surface area contributed by atoms with Crippen LogP contribution in [-0.2, 0) is 15.7 Å². The first-order valence-electron chi connectivity index (χ1n) is 6.50. The highest BCUT2D eigenvalue weighted by Gasteiger charge is 2.32. The summed E-state index contributed by atoms with van der Waals surface area (Å²) < 4.78 is 42.5. The third kappa shape index (κ3) is 5.04. The van der Waals surface area contributed by atoms with Gasteiger partial charge < -0.3 is 9.84 Å². The molecular formula is C15H19F3O3. The van der Waals surface area contributed by atoms with E-state index in [-0.39, 0.29) is 5.56 Å². The topological polar surface area (TPSA) is 46.5 Å². The number of ether oxygens (including phenoxy) is 1. The van der Waals surface area contributed by atoms with Crippen LogP contribution in [0, 0.1) is 5.92 Å². The number of rotatable bonds is 3. The summed E-state index contributed by atoms with van der Waals surface area (Å²) in [7, 11) is 0. The number of carbonyl (C=O) groups excluding carboxylic acids is 1. The van der Waals surface area contributed by atoms with Crippen molar-refractivity contribution in [2.75, 3.05) is 0 Å². The smallest absolute Gasteiger partial charge is 0.416 e. The van der Waals surface area contributed by atoms with E-state index in [1.165, 1.54) is 6.92 Å². The number of aliphatic hydroxyl groups is 1. The second-order valence-corrected chi connectivity index (χ2v) is 5.89. The molecule has 0 aliphatic carbocycles. The Labute approximate surface area is 121 Å². The molecule has 2 unspecified atom stereocenters. The molecule has 0 fully saturated rings. The van der Waals surface area contributed by atoms with E-state index in [0.717, 1.165) is 24.3 Å². The molecule has 1 aromatic carbocycles. The normalized spacial score (nSPS) is 15.4. The third-order valence-corrected chi connectivity index (χ3v) is 2.83. The van der Waals surface area contributed by atoms with E-state index >= 15 is 0 Å². The average Bonchev–Trinajstić information content (AvgIpc) is 2.34. The van der Waals surface area contributed by atoms with Gasteiger partial charge in [0.05, 0.1) is 17.6 Å². The summed E-state index contributed by atoms with van der Waals surface area (Å²) in [4.78, 5) is 11.8. The molecule has 2 atom stereocenters. The number of hydrogen-bond donors (Lipinski definition) is 1. The van der Waals surface area contributed by atoms with Gasteiger partial charge in [-0.25, -0.2) is 0 Å². The first-order chi connectivity index (χ1) is 9.42. The first kappa shape index (κ1) is 17.5. The van der Waals surface area contributed by atoms with Crippen molar-refractivity contribution in [3.63, 3.8) is 0 Å². The Bertz CT molecular complexity index is 486. The predicted molar refractivity (Wildman–Crippen MR) is 71.4 cm³/mol. The van der Waals surface area contributed by atoms with Gasteiger partial charge in [-0.2, -0.15) is 13.2 Å². The number of alkyl halides is 3. The zero-order valence-electron chi connectivity index (χ0n) is 12.4. The molecule has 21 heavy (non-hydrogen) atoms. The summed E-state index contributed by atoms with van der Waals surface area (Å²) in [5.41, 5.74) is -1.25. The second kappa shape index (κ2) is 6.05. The Morgan fingerprint density at radius 3 is 2.00 bits per heavy atom. The van der Waals surface area contributed by atoms with E-state index in [0.29, 0.717) is 0 Å². The molecule has 6 heteroatoms. The van der Waals surface area contributed by atoms with Crippen LogP contribution < -0.4 is 0 Å². The van der Waals surface area contributed by atoms with Gasteiger partial charge >= 0.3 is 12.1 Å². The Kier molecular flexibility index (Phi) is 5.04. The van der Waals surface area contributed by atoms with Gasteiger partial charge in [-0.15, -0.1) is 0 Å². The molecule has 0 saturated carbocycles. The fourth-order valence-corrected chi connectivity index (χ4v) is 1.68. The lowest BCUT2D eigenvalue weighted by Crippen LogP contribution is -2.30. The van der Waals surface area contributed by atoms with Gasteiger partial charge in [0.1, 0.15) is 5.60 Å². The van der Waals surface area contributed by atoms with Crippen LogP contribution in [0.3, 0.4) is 0 Å². The maximum Gasteiger partial charge on any atom is 0.416 e. The SMILES string of the molecule is CC(C(=O)OC(C)(C)C)C(O)c1ccc(C(F)(F)F)cc1. The number of esters is 1. The minimum Gasteiger partial charge on any atom is -0.460 e. The van der Waals surface area contributed by atoms with E-state index in [9.17, 15) is 23.1 Å². The van der Waals surface area contributed by atoms with Crippen LogP contribution in [-0.4, -0.2) is 16.7 Å². The Hall–Kier alpha value is -1.56. The molecule has 0 aliphatic rings. The van der Waals surface area contributed by atoms with Crippen LogP contribution in [0.1, 0.15) is 44.9 Å². The van der Waals surface area contributed by atoms with Crippen molar-refractivity contribution in [2.24, 2.45) is 5.92 Å². The van der Waals surface area contributed by atoms with Crippen LogP contribution in [0.4, 0.5) is 13.2 Å². The molecule has 0 radical (unpaired) electrons. The molecule has 0 heterocycles. The van der Waals surface area contributed by atoms with E-state index in [4.69, 9.17) is 4.74 Å². The highest BCUT2D eigenvalue weighted by atomic mass is 19.4. The lowest BCUT2D eigenvalue weighted by Gasteiger charge is -2.24. The van der Waals surface area contributed by atoms with Crippen LogP contribution in [0.15, 0.2) is 24.3 Å². The molecule has 0 amide bonds. The van der Waals surface area contributed by atoms with Gasteiger partial charge in [-0.3, -0.25) is 4.79 Å². The summed E-state index contributed by atoms with van der Waals surface area (Å²) in [6.07, 6.45) is -5.65.